The van der Waals surface area contributed by atoms with E-state index in [1.54, 1.807) is 0 Å². The average molecular weight is 271 g/mol. The van der Waals surface area contributed by atoms with Gasteiger partial charge in [0.05, 0.1) is 19.8 Å². The summed E-state index contributed by atoms with van der Waals surface area (Å²) in [6.45, 7) is 3.06. The Bertz CT molecular complexity index is 353. The van der Waals surface area contributed by atoms with E-state index in [-0.39, 0.29) is 12.5 Å². The number of rotatable bonds is 3. The monoisotopic (exact) mass is 271 g/mol. The highest BCUT2D eigenvalue weighted by Gasteiger charge is 2.44. The molecule has 0 bridgehead atoms. The smallest absolute Gasteiger partial charge is 0.329 e. The van der Waals surface area contributed by atoms with Crippen molar-refractivity contribution in [3.63, 3.8) is 0 Å². The van der Waals surface area contributed by atoms with Gasteiger partial charge in [-0.1, -0.05) is 19.8 Å². The first-order valence-electron chi connectivity index (χ1n) is 6.78. The summed E-state index contributed by atoms with van der Waals surface area (Å²) >= 11 is 0. The number of hydrogen-bond acceptors (Lipinski definition) is 4. The SMILES string of the molecule is CC1CCCC(NC(=O)C2COCCO2)(C(=O)O)C1. The van der Waals surface area contributed by atoms with Gasteiger partial charge in [0, 0.05) is 0 Å². The summed E-state index contributed by atoms with van der Waals surface area (Å²) in [4.78, 5) is 23.7. The van der Waals surface area contributed by atoms with Crippen LogP contribution in [0.5, 0.6) is 0 Å². The molecule has 0 aromatic heterocycles. The van der Waals surface area contributed by atoms with Gasteiger partial charge >= 0.3 is 5.97 Å². The summed E-state index contributed by atoms with van der Waals surface area (Å²) in [7, 11) is 0. The van der Waals surface area contributed by atoms with Gasteiger partial charge in [0.25, 0.3) is 5.91 Å². The second-order valence-corrected chi connectivity index (χ2v) is 5.51. The van der Waals surface area contributed by atoms with E-state index in [1.165, 1.54) is 0 Å². The summed E-state index contributed by atoms with van der Waals surface area (Å²) in [6, 6.07) is 0. The van der Waals surface area contributed by atoms with E-state index in [2.05, 4.69) is 5.32 Å². The predicted molar refractivity (Wildman–Crippen MR) is 66.7 cm³/mol. The topological polar surface area (TPSA) is 84.9 Å². The first-order valence-corrected chi connectivity index (χ1v) is 6.78. The molecule has 6 heteroatoms. The van der Waals surface area contributed by atoms with Crippen LogP contribution in [0.25, 0.3) is 0 Å². The molecule has 2 N–H and O–H groups in total. The van der Waals surface area contributed by atoms with E-state index < -0.39 is 17.6 Å². The van der Waals surface area contributed by atoms with Crippen LogP contribution < -0.4 is 5.32 Å². The minimum Gasteiger partial charge on any atom is -0.480 e. The van der Waals surface area contributed by atoms with Crippen LogP contribution in [0, 0.1) is 5.92 Å². The number of carboxylic acid groups (broad SMARTS) is 1. The Morgan fingerprint density at radius 3 is 2.74 bits per heavy atom. The molecule has 1 amide bonds. The molecule has 1 saturated carbocycles. The second-order valence-electron chi connectivity index (χ2n) is 5.51. The molecule has 1 saturated heterocycles. The zero-order valence-electron chi connectivity index (χ0n) is 11.2. The van der Waals surface area contributed by atoms with Gasteiger partial charge in [-0.05, 0) is 18.8 Å². The molecule has 0 aromatic rings. The number of hydrogen-bond donors (Lipinski definition) is 2. The van der Waals surface area contributed by atoms with Crippen molar-refractivity contribution >= 4 is 11.9 Å². The van der Waals surface area contributed by atoms with Gasteiger partial charge in [0.1, 0.15) is 5.54 Å². The Balaban J connectivity index is 2.03. The minimum atomic E-state index is -1.14. The van der Waals surface area contributed by atoms with E-state index in [4.69, 9.17) is 9.47 Å². The van der Waals surface area contributed by atoms with Crippen molar-refractivity contribution in [3.05, 3.63) is 0 Å². The minimum absolute atomic E-state index is 0.192. The van der Waals surface area contributed by atoms with E-state index >= 15 is 0 Å². The van der Waals surface area contributed by atoms with E-state index in [0.717, 1.165) is 12.8 Å². The maximum Gasteiger partial charge on any atom is 0.329 e. The Hall–Kier alpha value is -1.14. The molecule has 1 aliphatic heterocycles. The molecule has 1 aliphatic carbocycles. The third kappa shape index (κ3) is 3.25. The highest BCUT2D eigenvalue weighted by Crippen LogP contribution is 2.32. The van der Waals surface area contributed by atoms with Gasteiger partial charge in [-0.15, -0.1) is 0 Å². The normalized spacial score (nSPS) is 35.6. The highest BCUT2D eigenvalue weighted by molar-refractivity contribution is 5.89. The van der Waals surface area contributed by atoms with Gasteiger partial charge in [-0.2, -0.15) is 0 Å². The fraction of sp³-hybridized carbons (Fsp3) is 0.846. The third-order valence-electron chi connectivity index (χ3n) is 3.88. The summed E-state index contributed by atoms with van der Waals surface area (Å²) in [6.07, 6.45) is 2.08. The lowest BCUT2D eigenvalue weighted by Crippen LogP contribution is -2.60. The first-order chi connectivity index (χ1) is 9.03. The summed E-state index contributed by atoms with van der Waals surface area (Å²) < 4.78 is 10.5. The van der Waals surface area contributed by atoms with Crippen LogP contribution in [0.3, 0.4) is 0 Å². The third-order valence-corrected chi connectivity index (χ3v) is 3.88. The van der Waals surface area contributed by atoms with Crippen molar-refractivity contribution in [1.29, 1.82) is 0 Å². The Labute approximate surface area is 112 Å². The first kappa shape index (κ1) is 14.3. The molecule has 2 rings (SSSR count). The Kier molecular flexibility index (Phi) is 4.42. The summed E-state index contributed by atoms with van der Waals surface area (Å²) in [5.74, 6) is -1.03. The standard InChI is InChI=1S/C13H21NO5/c1-9-3-2-4-13(7-9,12(16)17)14-11(15)10-8-18-5-6-19-10/h9-10H,2-8H2,1H3,(H,14,15)(H,16,17). The lowest BCUT2D eigenvalue weighted by molar-refractivity contribution is -0.158. The Morgan fingerprint density at radius 1 is 1.37 bits per heavy atom. The molecule has 2 fully saturated rings. The van der Waals surface area contributed by atoms with Crippen LogP contribution in [0.2, 0.25) is 0 Å². The molecule has 3 atom stereocenters. The van der Waals surface area contributed by atoms with Gasteiger partial charge in [0.2, 0.25) is 0 Å². The van der Waals surface area contributed by atoms with Crippen molar-refractivity contribution < 1.29 is 24.2 Å². The molecular weight excluding hydrogens is 250 g/mol. The van der Waals surface area contributed by atoms with Crippen LogP contribution in [-0.4, -0.2) is 48.4 Å². The molecule has 19 heavy (non-hydrogen) atoms. The van der Waals surface area contributed by atoms with Crippen LogP contribution in [0.4, 0.5) is 0 Å². The van der Waals surface area contributed by atoms with Gasteiger partial charge in [-0.25, -0.2) is 4.79 Å². The van der Waals surface area contributed by atoms with E-state index in [0.29, 0.717) is 32.0 Å². The van der Waals surface area contributed by atoms with Crippen LogP contribution in [-0.2, 0) is 19.1 Å². The molecule has 0 aromatic carbocycles. The average Bonchev–Trinajstić information content (AvgIpc) is 2.39. The molecule has 108 valence electrons. The quantitative estimate of drug-likeness (QED) is 0.783. The fourth-order valence-corrected chi connectivity index (χ4v) is 2.87. The molecule has 6 nitrogen and oxygen atoms in total. The number of aliphatic carboxylic acids is 1. The van der Waals surface area contributed by atoms with E-state index in [1.807, 2.05) is 6.92 Å². The summed E-state index contributed by atoms with van der Waals surface area (Å²) in [5, 5.41) is 12.2. The zero-order valence-corrected chi connectivity index (χ0v) is 11.2. The number of carboxylic acids is 1. The molecule has 2 aliphatic rings. The molecular formula is C13H21NO5. The van der Waals surface area contributed by atoms with Gasteiger partial charge in [-0.3, -0.25) is 4.79 Å². The molecule has 3 unspecified atom stereocenters. The highest BCUT2D eigenvalue weighted by atomic mass is 16.6. The van der Waals surface area contributed by atoms with Crippen LogP contribution >= 0.6 is 0 Å². The number of carbonyl (C=O) groups excluding carboxylic acids is 1. The number of nitrogens with one attached hydrogen (secondary N) is 1. The van der Waals surface area contributed by atoms with Crippen molar-refractivity contribution in [1.82, 2.24) is 5.32 Å². The maximum atomic E-state index is 12.1. The maximum absolute atomic E-state index is 12.1. The lowest BCUT2D eigenvalue weighted by atomic mass is 9.76. The van der Waals surface area contributed by atoms with Gasteiger partial charge in [0.15, 0.2) is 6.10 Å². The van der Waals surface area contributed by atoms with Crippen molar-refractivity contribution in [2.24, 2.45) is 5.92 Å². The molecule has 0 spiro atoms. The van der Waals surface area contributed by atoms with Gasteiger partial charge < -0.3 is 19.9 Å². The second kappa shape index (κ2) is 5.88. The van der Waals surface area contributed by atoms with Crippen molar-refractivity contribution in [2.45, 2.75) is 44.2 Å². The predicted octanol–water partition coefficient (Wildman–Crippen LogP) is 0.551. The molecule has 0 radical (unpaired) electrons. The Morgan fingerprint density at radius 2 is 2.16 bits per heavy atom. The molecule has 1 heterocycles. The largest absolute Gasteiger partial charge is 0.480 e. The summed E-state index contributed by atoms with van der Waals surface area (Å²) in [5.41, 5.74) is -1.14. The van der Waals surface area contributed by atoms with Crippen LogP contribution in [0.15, 0.2) is 0 Å². The van der Waals surface area contributed by atoms with Crippen molar-refractivity contribution in [3.8, 4) is 0 Å². The zero-order chi connectivity index (χ0) is 13.9. The van der Waals surface area contributed by atoms with Crippen LogP contribution in [0.1, 0.15) is 32.6 Å². The fourth-order valence-electron chi connectivity index (χ4n) is 2.87. The van der Waals surface area contributed by atoms with E-state index in [9.17, 15) is 14.7 Å². The number of ether oxygens (including phenoxy) is 2. The van der Waals surface area contributed by atoms with Crippen molar-refractivity contribution in [2.75, 3.05) is 19.8 Å². The number of carbonyl (C=O) groups is 2. The lowest BCUT2D eigenvalue weighted by Gasteiger charge is -2.38. The number of amides is 1.